The van der Waals surface area contributed by atoms with Crippen molar-refractivity contribution in [1.29, 1.82) is 0 Å². The van der Waals surface area contributed by atoms with Crippen LogP contribution in [0.15, 0.2) is 47.7 Å². The Labute approximate surface area is 159 Å². The summed E-state index contributed by atoms with van der Waals surface area (Å²) >= 11 is 0. The summed E-state index contributed by atoms with van der Waals surface area (Å²) in [4.78, 5) is 17.6. The van der Waals surface area contributed by atoms with E-state index in [1.807, 2.05) is 12.1 Å². The highest BCUT2D eigenvalue weighted by Gasteiger charge is 2.38. The first-order valence-corrected chi connectivity index (χ1v) is 9.45. The number of hydrogen-bond donors (Lipinski definition) is 1. The molecule has 1 aromatic carbocycles. The molecular formula is C20H26N6O. The molecule has 0 bridgehead atoms. The predicted octanol–water partition coefficient (Wildman–Crippen LogP) is 1.73. The van der Waals surface area contributed by atoms with Gasteiger partial charge in [-0.15, -0.1) is 0 Å². The molecular weight excluding hydrogens is 340 g/mol. The Balaban J connectivity index is 1.27. The van der Waals surface area contributed by atoms with Gasteiger partial charge in [-0.1, -0.05) is 12.1 Å². The lowest BCUT2D eigenvalue weighted by Crippen LogP contribution is -2.51. The molecule has 2 aromatic rings. The topological polar surface area (TPSA) is 79.9 Å². The van der Waals surface area contributed by atoms with Crippen LogP contribution < -0.4 is 15.4 Å². The van der Waals surface area contributed by atoms with Crippen LogP contribution >= 0.6 is 0 Å². The summed E-state index contributed by atoms with van der Waals surface area (Å²) < 4.78 is 5.32. The summed E-state index contributed by atoms with van der Waals surface area (Å²) in [5.41, 5.74) is 7.58. The fourth-order valence-electron chi connectivity index (χ4n) is 3.63. The van der Waals surface area contributed by atoms with Crippen molar-refractivity contribution in [1.82, 2.24) is 14.9 Å². The predicted molar refractivity (Wildman–Crippen MR) is 106 cm³/mol. The highest BCUT2D eigenvalue weighted by atomic mass is 16.5. The zero-order valence-electron chi connectivity index (χ0n) is 15.7. The quantitative estimate of drug-likeness (QED) is 0.641. The minimum atomic E-state index is 0.573. The third kappa shape index (κ3) is 4.13. The van der Waals surface area contributed by atoms with Gasteiger partial charge in [-0.2, -0.15) is 0 Å². The number of nitrogens with zero attached hydrogens (tertiary/aromatic N) is 5. The highest BCUT2D eigenvalue weighted by Crippen LogP contribution is 2.48. The molecule has 1 saturated carbocycles. The Morgan fingerprint density at radius 2 is 1.96 bits per heavy atom. The van der Waals surface area contributed by atoms with Crippen molar-refractivity contribution in [2.45, 2.75) is 12.3 Å². The first-order valence-electron chi connectivity index (χ1n) is 9.45. The van der Waals surface area contributed by atoms with Crippen molar-refractivity contribution in [3.63, 3.8) is 0 Å². The van der Waals surface area contributed by atoms with Crippen molar-refractivity contribution in [3.05, 3.63) is 48.3 Å². The van der Waals surface area contributed by atoms with Gasteiger partial charge >= 0.3 is 0 Å². The number of piperazine rings is 1. The van der Waals surface area contributed by atoms with Crippen molar-refractivity contribution < 1.29 is 4.74 Å². The number of anilines is 1. The molecule has 7 heteroatoms. The Kier molecular flexibility index (Phi) is 5.09. The minimum absolute atomic E-state index is 0.573. The Bertz CT molecular complexity index is 788. The van der Waals surface area contributed by atoms with Gasteiger partial charge in [0.25, 0.3) is 0 Å². The molecule has 0 unspecified atom stereocenters. The van der Waals surface area contributed by atoms with Crippen LogP contribution in [0, 0.1) is 5.92 Å². The summed E-state index contributed by atoms with van der Waals surface area (Å²) in [6.45, 7) is 4.19. The van der Waals surface area contributed by atoms with Gasteiger partial charge in [0.1, 0.15) is 5.75 Å². The molecule has 2 N–H and O–H groups in total. The summed E-state index contributed by atoms with van der Waals surface area (Å²) in [6.07, 6.45) is 4.72. The lowest BCUT2D eigenvalue weighted by Gasteiger charge is -2.35. The molecule has 0 spiro atoms. The molecule has 2 atom stereocenters. The van der Waals surface area contributed by atoms with Crippen molar-refractivity contribution in [2.24, 2.45) is 16.6 Å². The van der Waals surface area contributed by atoms with E-state index in [0.29, 0.717) is 17.8 Å². The van der Waals surface area contributed by atoms with E-state index in [9.17, 15) is 0 Å². The number of nitrogens with two attached hydrogens (primary N) is 1. The maximum atomic E-state index is 6.24. The van der Waals surface area contributed by atoms with E-state index in [-0.39, 0.29) is 0 Å². The molecule has 4 rings (SSSR count). The molecule has 1 aliphatic carbocycles. The van der Waals surface area contributed by atoms with E-state index in [0.717, 1.165) is 44.4 Å². The van der Waals surface area contributed by atoms with Gasteiger partial charge in [-0.3, -0.25) is 4.99 Å². The minimum Gasteiger partial charge on any atom is -0.497 e. The number of hydrogen-bond acceptors (Lipinski definition) is 5. The first-order chi connectivity index (χ1) is 13.2. The standard InChI is InChI=1S/C20H26N6O/c1-27-17-5-2-4-15(12-17)18-13-16(18)14-24-19(21)25-8-10-26(11-9-25)20-22-6-3-7-23-20/h2-7,12,16,18H,8-11,13-14H2,1H3,(H2,21,24)/t16-,18-/m0/s1. The van der Waals surface area contributed by atoms with Crippen LogP contribution in [0.2, 0.25) is 0 Å². The first kappa shape index (κ1) is 17.6. The average Bonchev–Trinajstić information content (AvgIpc) is 3.52. The second kappa shape index (κ2) is 7.82. The van der Waals surface area contributed by atoms with Crippen molar-refractivity contribution >= 4 is 11.9 Å². The normalized spacial score (nSPS) is 22.6. The lowest BCUT2D eigenvalue weighted by atomic mass is 10.1. The highest BCUT2D eigenvalue weighted by molar-refractivity contribution is 5.78. The van der Waals surface area contributed by atoms with Gasteiger partial charge in [0, 0.05) is 45.1 Å². The number of rotatable bonds is 5. The number of ether oxygens (including phenoxy) is 1. The molecule has 2 aliphatic rings. The molecule has 27 heavy (non-hydrogen) atoms. The number of guanidine groups is 1. The Morgan fingerprint density at radius 3 is 2.70 bits per heavy atom. The van der Waals surface area contributed by atoms with E-state index in [1.54, 1.807) is 19.5 Å². The van der Waals surface area contributed by atoms with Crippen LogP contribution in [-0.4, -0.2) is 60.7 Å². The van der Waals surface area contributed by atoms with Crippen molar-refractivity contribution in [2.75, 3.05) is 44.7 Å². The zero-order chi connectivity index (χ0) is 18.6. The van der Waals surface area contributed by atoms with Gasteiger partial charge in [0.05, 0.1) is 7.11 Å². The smallest absolute Gasteiger partial charge is 0.225 e. The van der Waals surface area contributed by atoms with Crippen LogP contribution in [0.1, 0.15) is 17.9 Å². The molecule has 2 heterocycles. The lowest BCUT2D eigenvalue weighted by molar-refractivity contribution is 0.378. The molecule has 7 nitrogen and oxygen atoms in total. The molecule has 1 saturated heterocycles. The second-order valence-electron chi connectivity index (χ2n) is 7.10. The third-order valence-electron chi connectivity index (χ3n) is 5.37. The van der Waals surface area contributed by atoms with E-state index in [1.165, 1.54) is 12.0 Å². The van der Waals surface area contributed by atoms with Crippen LogP contribution in [-0.2, 0) is 0 Å². The Morgan fingerprint density at radius 1 is 1.19 bits per heavy atom. The summed E-state index contributed by atoms with van der Waals surface area (Å²) in [5, 5.41) is 0. The maximum absolute atomic E-state index is 6.24. The van der Waals surface area contributed by atoms with Crippen LogP contribution in [0.5, 0.6) is 5.75 Å². The summed E-state index contributed by atoms with van der Waals surface area (Å²) in [6, 6.07) is 10.2. The monoisotopic (exact) mass is 366 g/mol. The van der Waals surface area contributed by atoms with Crippen LogP contribution in [0.25, 0.3) is 0 Å². The third-order valence-corrected chi connectivity index (χ3v) is 5.37. The summed E-state index contributed by atoms with van der Waals surface area (Å²) in [7, 11) is 1.71. The van der Waals surface area contributed by atoms with E-state index < -0.39 is 0 Å². The Hall–Kier alpha value is -2.83. The fraction of sp³-hybridized carbons (Fsp3) is 0.450. The van der Waals surface area contributed by atoms with E-state index in [4.69, 9.17) is 10.5 Å². The molecule has 1 aromatic heterocycles. The van der Waals surface area contributed by atoms with Gasteiger partial charge < -0.3 is 20.3 Å². The van der Waals surface area contributed by atoms with E-state index in [2.05, 4.69) is 43.0 Å². The van der Waals surface area contributed by atoms with E-state index >= 15 is 0 Å². The van der Waals surface area contributed by atoms with Gasteiger partial charge in [-0.05, 0) is 42.0 Å². The van der Waals surface area contributed by atoms with Crippen molar-refractivity contribution in [3.8, 4) is 5.75 Å². The maximum Gasteiger partial charge on any atom is 0.225 e. The molecule has 2 fully saturated rings. The molecule has 0 amide bonds. The van der Waals surface area contributed by atoms with Crippen LogP contribution in [0.3, 0.4) is 0 Å². The fourth-order valence-corrected chi connectivity index (χ4v) is 3.63. The largest absolute Gasteiger partial charge is 0.497 e. The molecule has 0 radical (unpaired) electrons. The zero-order valence-corrected chi connectivity index (χ0v) is 15.7. The van der Waals surface area contributed by atoms with Gasteiger partial charge in [-0.25, -0.2) is 9.97 Å². The number of aromatic nitrogens is 2. The summed E-state index contributed by atoms with van der Waals surface area (Å²) in [5.74, 6) is 3.51. The molecule has 142 valence electrons. The second-order valence-corrected chi connectivity index (χ2v) is 7.10. The SMILES string of the molecule is COc1cccc([C@@H]2C[C@H]2CN=C(N)N2CCN(c3ncccn3)CC2)c1. The van der Waals surface area contributed by atoms with Gasteiger partial charge in [0.15, 0.2) is 5.96 Å². The molecule has 1 aliphatic heterocycles. The average molecular weight is 366 g/mol. The number of aliphatic imine (C=N–C) groups is 1. The number of methoxy groups -OCH3 is 1. The van der Waals surface area contributed by atoms with Gasteiger partial charge in [0.2, 0.25) is 5.95 Å². The van der Waals surface area contributed by atoms with Crippen LogP contribution in [0.4, 0.5) is 5.95 Å². The number of benzene rings is 1.